The van der Waals surface area contributed by atoms with Crippen LogP contribution in [0.2, 0.25) is 0 Å². The molecule has 1 aliphatic rings. The van der Waals surface area contributed by atoms with Gasteiger partial charge >= 0.3 is 0 Å². The van der Waals surface area contributed by atoms with Crippen molar-refractivity contribution in [2.45, 2.75) is 44.0 Å². The van der Waals surface area contributed by atoms with Crippen LogP contribution in [0, 0.1) is 13.8 Å². The van der Waals surface area contributed by atoms with E-state index in [0.29, 0.717) is 22.9 Å². The number of nitrogens with zero attached hydrogens (tertiary/aromatic N) is 2. The summed E-state index contributed by atoms with van der Waals surface area (Å²) in [4.78, 5) is 8.66. The van der Waals surface area contributed by atoms with Crippen molar-refractivity contribution in [2.75, 3.05) is 7.11 Å². The van der Waals surface area contributed by atoms with E-state index in [2.05, 4.69) is 14.7 Å². The van der Waals surface area contributed by atoms with Crippen LogP contribution in [0.5, 0.6) is 5.75 Å². The standard InChI is InChI=1S/C17H21N3O3S/c1-11-7-17(12(2)6-16(11)23-3)24(21,22)20-9-14-8-15(13-4-5-13)19-10-18-14/h6-8,10,13,20H,4-5,9H2,1-3H3. The number of nitrogens with one attached hydrogen (secondary N) is 1. The van der Waals surface area contributed by atoms with Crippen molar-refractivity contribution in [1.82, 2.24) is 14.7 Å². The highest BCUT2D eigenvalue weighted by Gasteiger charge is 2.25. The molecular weight excluding hydrogens is 326 g/mol. The van der Waals surface area contributed by atoms with Crippen molar-refractivity contribution in [2.24, 2.45) is 0 Å². The molecule has 24 heavy (non-hydrogen) atoms. The average molecular weight is 347 g/mol. The van der Waals surface area contributed by atoms with E-state index in [1.165, 1.54) is 6.33 Å². The zero-order valence-corrected chi connectivity index (χ0v) is 14.9. The Hall–Kier alpha value is -1.99. The molecule has 1 N–H and O–H groups in total. The third kappa shape index (κ3) is 3.57. The molecule has 3 rings (SSSR count). The summed E-state index contributed by atoms with van der Waals surface area (Å²) in [5.41, 5.74) is 3.10. The van der Waals surface area contributed by atoms with E-state index >= 15 is 0 Å². The molecule has 0 bridgehead atoms. The number of benzene rings is 1. The van der Waals surface area contributed by atoms with Gasteiger partial charge in [-0.05, 0) is 56.0 Å². The largest absolute Gasteiger partial charge is 0.496 e. The first-order chi connectivity index (χ1) is 11.4. The fourth-order valence-electron chi connectivity index (χ4n) is 2.63. The van der Waals surface area contributed by atoms with E-state index in [-0.39, 0.29) is 11.4 Å². The van der Waals surface area contributed by atoms with Crippen molar-refractivity contribution in [3.05, 3.63) is 47.0 Å². The van der Waals surface area contributed by atoms with Crippen LogP contribution in [0.25, 0.3) is 0 Å². The van der Waals surface area contributed by atoms with E-state index in [9.17, 15) is 8.42 Å². The van der Waals surface area contributed by atoms with Gasteiger partial charge in [0.15, 0.2) is 0 Å². The van der Waals surface area contributed by atoms with Gasteiger partial charge in [0.1, 0.15) is 12.1 Å². The van der Waals surface area contributed by atoms with Crippen LogP contribution >= 0.6 is 0 Å². The number of aryl methyl sites for hydroxylation is 2. The Morgan fingerprint density at radius 2 is 1.92 bits per heavy atom. The van der Waals surface area contributed by atoms with Crippen LogP contribution < -0.4 is 9.46 Å². The Bertz CT molecular complexity index is 861. The lowest BCUT2D eigenvalue weighted by atomic mass is 10.1. The van der Waals surface area contributed by atoms with Gasteiger partial charge in [-0.1, -0.05) is 0 Å². The maximum atomic E-state index is 12.6. The molecule has 0 spiro atoms. The molecule has 1 heterocycles. The molecule has 0 radical (unpaired) electrons. The molecule has 1 aromatic carbocycles. The van der Waals surface area contributed by atoms with Crippen molar-refractivity contribution < 1.29 is 13.2 Å². The second kappa shape index (κ2) is 6.49. The summed E-state index contributed by atoms with van der Waals surface area (Å²) < 4.78 is 33.1. The fraction of sp³-hybridized carbons (Fsp3) is 0.412. The average Bonchev–Trinajstić information content (AvgIpc) is 3.40. The summed E-state index contributed by atoms with van der Waals surface area (Å²) >= 11 is 0. The van der Waals surface area contributed by atoms with Gasteiger partial charge in [0.05, 0.1) is 24.2 Å². The molecule has 7 heteroatoms. The number of methoxy groups -OCH3 is 1. The topological polar surface area (TPSA) is 81.2 Å². The van der Waals surface area contributed by atoms with E-state index in [0.717, 1.165) is 24.1 Å². The molecule has 0 saturated heterocycles. The van der Waals surface area contributed by atoms with Gasteiger partial charge in [0.25, 0.3) is 0 Å². The monoisotopic (exact) mass is 347 g/mol. The van der Waals surface area contributed by atoms with Crippen LogP contribution in [0.15, 0.2) is 29.4 Å². The summed E-state index contributed by atoms with van der Waals surface area (Å²) in [7, 11) is -2.05. The minimum absolute atomic E-state index is 0.148. The summed E-state index contributed by atoms with van der Waals surface area (Å²) in [5.74, 6) is 1.19. The second-order valence-electron chi connectivity index (χ2n) is 6.12. The highest BCUT2D eigenvalue weighted by Crippen LogP contribution is 2.38. The quantitative estimate of drug-likeness (QED) is 0.868. The van der Waals surface area contributed by atoms with Crippen LogP contribution in [0.1, 0.15) is 41.3 Å². The molecule has 6 nitrogen and oxygen atoms in total. The van der Waals surface area contributed by atoms with Crippen molar-refractivity contribution >= 4 is 10.0 Å². The molecule has 1 fully saturated rings. The molecule has 1 aliphatic carbocycles. The highest BCUT2D eigenvalue weighted by molar-refractivity contribution is 7.89. The Balaban J connectivity index is 1.79. The molecule has 128 valence electrons. The first kappa shape index (κ1) is 16.9. The number of rotatable bonds is 6. The number of ether oxygens (including phenoxy) is 1. The number of aromatic nitrogens is 2. The van der Waals surface area contributed by atoms with Crippen LogP contribution in [0.4, 0.5) is 0 Å². The molecule has 0 unspecified atom stereocenters. The zero-order valence-electron chi connectivity index (χ0n) is 14.0. The van der Waals surface area contributed by atoms with E-state index in [4.69, 9.17) is 4.74 Å². The summed E-state index contributed by atoms with van der Waals surface area (Å²) in [6, 6.07) is 5.25. The first-order valence-electron chi connectivity index (χ1n) is 7.86. The zero-order chi connectivity index (χ0) is 17.3. The Kier molecular flexibility index (Phi) is 4.56. The maximum absolute atomic E-state index is 12.6. The molecule has 0 aliphatic heterocycles. The lowest BCUT2D eigenvalue weighted by Crippen LogP contribution is -2.24. The predicted molar refractivity (Wildman–Crippen MR) is 90.5 cm³/mol. The summed E-state index contributed by atoms with van der Waals surface area (Å²) in [6.45, 7) is 3.73. The fourth-order valence-corrected chi connectivity index (χ4v) is 3.94. The lowest BCUT2D eigenvalue weighted by Gasteiger charge is -2.13. The van der Waals surface area contributed by atoms with Gasteiger partial charge in [0.2, 0.25) is 10.0 Å². The van der Waals surface area contributed by atoms with E-state index in [1.54, 1.807) is 26.2 Å². The molecule has 1 aromatic heterocycles. The molecular formula is C17H21N3O3S. The Labute approximate surface area is 142 Å². The Morgan fingerprint density at radius 1 is 1.17 bits per heavy atom. The Morgan fingerprint density at radius 3 is 2.58 bits per heavy atom. The minimum Gasteiger partial charge on any atom is -0.496 e. The summed E-state index contributed by atoms with van der Waals surface area (Å²) in [6.07, 6.45) is 3.79. The molecule has 0 amide bonds. The normalized spacial score (nSPS) is 14.6. The van der Waals surface area contributed by atoms with Gasteiger partial charge in [-0.15, -0.1) is 0 Å². The third-order valence-electron chi connectivity index (χ3n) is 4.17. The van der Waals surface area contributed by atoms with Crippen molar-refractivity contribution in [3.63, 3.8) is 0 Å². The van der Waals surface area contributed by atoms with Crippen LogP contribution in [-0.4, -0.2) is 25.5 Å². The molecule has 2 aromatic rings. The maximum Gasteiger partial charge on any atom is 0.241 e. The number of hydrogen-bond donors (Lipinski definition) is 1. The summed E-state index contributed by atoms with van der Waals surface area (Å²) in [5, 5.41) is 0. The van der Waals surface area contributed by atoms with Crippen molar-refractivity contribution in [1.29, 1.82) is 0 Å². The predicted octanol–water partition coefficient (Wildman–Crippen LogP) is 2.46. The minimum atomic E-state index is -3.62. The lowest BCUT2D eigenvalue weighted by molar-refractivity contribution is 0.411. The number of hydrogen-bond acceptors (Lipinski definition) is 5. The smallest absolute Gasteiger partial charge is 0.241 e. The first-order valence-corrected chi connectivity index (χ1v) is 9.35. The SMILES string of the molecule is COc1cc(C)c(S(=O)(=O)NCc2cc(C3CC3)ncn2)cc1C. The van der Waals surface area contributed by atoms with E-state index < -0.39 is 10.0 Å². The molecule has 0 atom stereocenters. The van der Waals surface area contributed by atoms with E-state index in [1.807, 2.05) is 13.0 Å². The van der Waals surface area contributed by atoms with Crippen LogP contribution in [0.3, 0.4) is 0 Å². The van der Waals surface area contributed by atoms with Gasteiger partial charge in [-0.25, -0.2) is 23.1 Å². The van der Waals surface area contributed by atoms with Gasteiger partial charge in [-0.3, -0.25) is 0 Å². The highest BCUT2D eigenvalue weighted by atomic mass is 32.2. The molecule has 1 saturated carbocycles. The van der Waals surface area contributed by atoms with Crippen molar-refractivity contribution in [3.8, 4) is 5.75 Å². The number of sulfonamides is 1. The van der Waals surface area contributed by atoms with Crippen LogP contribution in [-0.2, 0) is 16.6 Å². The van der Waals surface area contributed by atoms with Gasteiger partial charge in [0, 0.05) is 11.6 Å². The second-order valence-corrected chi connectivity index (χ2v) is 7.86. The third-order valence-corrected chi connectivity index (χ3v) is 5.71. The van der Waals surface area contributed by atoms with Gasteiger partial charge in [-0.2, -0.15) is 0 Å². The van der Waals surface area contributed by atoms with Gasteiger partial charge < -0.3 is 4.74 Å².